The fourth-order valence-corrected chi connectivity index (χ4v) is 2.41. The van der Waals surface area contributed by atoms with E-state index in [9.17, 15) is 9.59 Å². The summed E-state index contributed by atoms with van der Waals surface area (Å²) in [6, 6.07) is 1.68. The van der Waals surface area contributed by atoms with Crippen LogP contribution in [0.25, 0.3) is 0 Å². The fourth-order valence-electron chi connectivity index (χ4n) is 2.05. The Morgan fingerprint density at radius 3 is 2.64 bits per heavy atom. The Morgan fingerprint density at radius 1 is 1.28 bits per heavy atom. The second-order valence-corrected chi connectivity index (χ2v) is 7.60. The number of halogens is 1. The number of rotatable bonds is 6. The molecule has 2 heterocycles. The summed E-state index contributed by atoms with van der Waals surface area (Å²) >= 11 is 3.28. The van der Waals surface area contributed by atoms with Gasteiger partial charge in [-0.1, -0.05) is 13.8 Å². The molecule has 2 amide bonds. The third kappa shape index (κ3) is 4.88. The molecular formula is C17H22BrN5O2. The molecule has 0 bridgehead atoms. The third-order valence-corrected chi connectivity index (χ3v) is 4.04. The molecule has 0 radical (unpaired) electrons. The van der Waals surface area contributed by atoms with Crippen LogP contribution >= 0.6 is 15.9 Å². The highest BCUT2D eigenvalue weighted by atomic mass is 79.9. The van der Waals surface area contributed by atoms with E-state index in [-0.39, 0.29) is 11.8 Å². The van der Waals surface area contributed by atoms with Crippen molar-refractivity contribution in [3.05, 3.63) is 40.9 Å². The van der Waals surface area contributed by atoms with E-state index in [0.717, 1.165) is 4.47 Å². The average Bonchev–Trinajstić information content (AvgIpc) is 3.01. The molecule has 0 aliphatic carbocycles. The highest BCUT2D eigenvalue weighted by molar-refractivity contribution is 9.10. The number of pyridine rings is 1. The Hall–Kier alpha value is -2.22. The predicted octanol–water partition coefficient (Wildman–Crippen LogP) is 2.80. The molecule has 7 nitrogen and oxygen atoms in total. The number of nitrogens with one attached hydrogen (secondary N) is 2. The molecule has 2 N–H and O–H groups in total. The number of anilines is 1. The van der Waals surface area contributed by atoms with Gasteiger partial charge in [0.1, 0.15) is 5.54 Å². The van der Waals surface area contributed by atoms with E-state index in [0.29, 0.717) is 23.7 Å². The minimum Gasteiger partial charge on any atom is -0.354 e. The van der Waals surface area contributed by atoms with E-state index < -0.39 is 5.54 Å². The molecular weight excluding hydrogens is 386 g/mol. The summed E-state index contributed by atoms with van der Waals surface area (Å²) in [5.41, 5.74) is 0.0700. The fraction of sp³-hybridized carbons (Fsp3) is 0.412. The Balaban J connectivity index is 2.08. The van der Waals surface area contributed by atoms with Crippen LogP contribution in [0.5, 0.6) is 0 Å². The van der Waals surface area contributed by atoms with Gasteiger partial charge in [-0.15, -0.1) is 0 Å². The highest BCUT2D eigenvalue weighted by Crippen LogP contribution is 2.18. The maximum atomic E-state index is 12.4. The van der Waals surface area contributed by atoms with Crippen LogP contribution in [-0.4, -0.2) is 33.1 Å². The van der Waals surface area contributed by atoms with Crippen molar-refractivity contribution in [2.45, 2.75) is 33.2 Å². The van der Waals surface area contributed by atoms with Gasteiger partial charge in [-0.05, 0) is 41.8 Å². The lowest BCUT2D eigenvalue weighted by atomic mass is 10.0. The number of aromatic nitrogens is 3. The van der Waals surface area contributed by atoms with Gasteiger partial charge in [-0.25, -0.2) is 0 Å². The summed E-state index contributed by atoms with van der Waals surface area (Å²) < 4.78 is 2.26. The van der Waals surface area contributed by atoms with E-state index in [1.165, 1.54) is 17.1 Å². The van der Waals surface area contributed by atoms with Crippen LogP contribution in [0.2, 0.25) is 0 Å². The SMILES string of the molecule is CC(C)CNC(=O)C(C)(C)n1cc(NC(=O)c2cncc(Br)c2)cn1. The Labute approximate surface area is 155 Å². The van der Waals surface area contributed by atoms with E-state index in [2.05, 4.69) is 36.6 Å². The maximum Gasteiger partial charge on any atom is 0.257 e. The van der Waals surface area contributed by atoms with E-state index >= 15 is 0 Å². The third-order valence-electron chi connectivity index (χ3n) is 3.61. The van der Waals surface area contributed by atoms with E-state index in [1.54, 1.807) is 32.3 Å². The van der Waals surface area contributed by atoms with Crippen molar-refractivity contribution in [3.63, 3.8) is 0 Å². The normalized spacial score (nSPS) is 11.4. The molecule has 2 rings (SSSR count). The zero-order chi connectivity index (χ0) is 18.6. The number of nitrogens with zero attached hydrogens (tertiary/aromatic N) is 3. The second-order valence-electron chi connectivity index (χ2n) is 6.68. The van der Waals surface area contributed by atoms with Crippen LogP contribution in [0, 0.1) is 5.92 Å². The van der Waals surface area contributed by atoms with Crippen LogP contribution in [-0.2, 0) is 10.3 Å². The second kappa shape index (κ2) is 7.77. The van der Waals surface area contributed by atoms with Crippen LogP contribution in [0.15, 0.2) is 35.3 Å². The van der Waals surface area contributed by atoms with Crippen molar-refractivity contribution >= 4 is 33.4 Å². The first-order valence-corrected chi connectivity index (χ1v) is 8.75. The lowest BCUT2D eigenvalue weighted by Gasteiger charge is -2.24. The molecule has 0 aliphatic rings. The van der Waals surface area contributed by atoms with Crippen LogP contribution in [0.3, 0.4) is 0 Å². The summed E-state index contributed by atoms with van der Waals surface area (Å²) in [7, 11) is 0. The van der Waals surface area contributed by atoms with E-state index in [1.807, 2.05) is 13.8 Å². The van der Waals surface area contributed by atoms with Crippen molar-refractivity contribution in [2.75, 3.05) is 11.9 Å². The molecule has 0 spiro atoms. The van der Waals surface area contributed by atoms with Gasteiger partial charge in [0.2, 0.25) is 5.91 Å². The van der Waals surface area contributed by atoms with Crippen molar-refractivity contribution in [1.29, 1.82) is 0 Å². The lowest BCUT2D eigenvalue weighted by Crippen LogP contribution is -2.45. The Morgan fingerprint density at radius 2 is 2.00 bits per heavy atom. The standard InChI is InChI=1S/C17H22BrN5O2/c1-11(2)6-20-16(25)17(3,4)23-10-14(9-21-23)22-15(24)12-5-13(18)8-19-7-12/h5,7-11H,6H2,1-4H3,(H,20,25)(H,22,24). The van der Waals surface area contributed by atoms with Gasteiger partial charge in [-0.3, -0.25) is 19.3 Å². The van der Waals surface area contributed by atoms with Gasteiger partial charge in [-0.2, -0.15) is 5.10 Å². The monoisotopic (exact) mass is 407 g/mol. The van der Waals surface area contributed by atoms with Crippen LogP contribution in [0.4, 0.5) is 5.69 Å². The molecule has 25 heavy (non-hydrogen) atoms. The molecule has 0 unspecified atom stereocenters. The minimum absolute atomic E-state index is 0.127. The van der Waals surface area contributed by atoms with Gasteiger partial charge in [0, 0.05) is 29.6 Å². The highest BCUT2D eigenvalue weighted by Gasteiger charge is 2.30. The first-order valence-electron chi connectivity index (χ1n) is 7.95. The summed E-state index contributed by atoms with van der Waals surface area (Å²) in [6.45, 7) is 8.22. The number of hydrogen-bond donors (Lipinski definition) is 2. The molecule has 2 aromatic heterocycles. The Kier molecular flexibility index (Phi) is 5.94. The smallest absolute Gasteiger partial charge is 0.257 e. The first-order chi connectivity index (χ1) is 11.7. The van der Waals surface area contributed by atoms with Gasteiger partial charge in [0.05, 0.1) is 17.4 Å². The number of amides is 2. The van der Waals surface area contributed by atoms with Crippen molar-refractivity contribution in [3.8, 4) is 0 Å². The molecule has 134 valence electrons. The van der Waals surface area contributed by atoms with Crippen molar-refractivity contribution in [2.24, 2.45) is 5.92 Å². The zero-order valence-electron chi connectivity index (χ0n) is 14.7. The summed E-state index contributed by atoms with van der Waals surface area (Å²) in [5.74, 6) is -0.0557. The summed E-state index contributed by atoms with van der Waals surface area (Å²) in [4.78, 5) is 28.6. The average molecular weight is 408 g/mol. The Bertz CT molecular complexity index is 770. The largest absolute Gasteiger partial charge is 0.354 e. The lowest BCUT2D eigenvalue weighted by molar-refractivity contribution is -0.129. The maximum absolute atomic E-state index is 12.4. The van der Waals surface area contributed by atoms with Crippen LogP contribution < -0.4 is 10.6 Å². The molecule has 0 saturated heterocycles. The quantitative estimate of drug-likeness (QED) is 0.770. The minimum atomic E-state index is -0.866. The van der Waals surface area contributed by atoms with Gasteiger partial charge in [0.15, 0.2) is 0 Å². The molecule has 2 aromatic rings. The molecule has 0 fully saturated rings. The van der Waals surface area contributed by atoms with Crippen molar-refractivity contribution < 1.29 is 9.59 Å². The first kappa shape index (κ1) is 19.1. The molecule has 0 atom stereocenters. The van der Waals surface area contributed by atoms with Gasteiger partial charge in [0.25, 0.3) is 5.91 Å². The van der Waals surface area contributed by atoms with E-state index in [4.69, 9.17) is 0 Å². The van der Waals surface area contributed by atoms with Crippen LogP contribution in [0.1, 0.15) is 38.1 Å². The summed E-state index contributed by atoms with van der Waals surface area (Å²) in [6.07, 6.45) is 6.24. The molecule has 8 heteroatoms. The molecule has 0 aromatic carbocycles. The molecule has 0 saturated carbocycles. The number of carbonyl (C=O) groups excluding carboxylic acids is 2. The molecule has 0 aliphatic heterocycles. The topological polar surface area (TPSA) is 88.9 Å². The number of hydrogen-bond acceptors (Lipinski definition) is 4. The number of carbonyl (C=O) groups is 2. The zero-order valence-corrected chi connectivity index (χ0v) is 16.3. The van der Waals surface area contributed by atoms with Gasteiger partial charge < -0.3 is 10.6 Å². The predicted molar refractivity (Wildman–Crippen MR) is 99.3 cm³/mol. The van der Waals surface area contributed by atoms with Gasteiger partial charge >= 0.3 is 0 Å². The van der Waals surface area contributed by atoms with Crippen molar-refractivity contribution in [1.82, 2.24) is 20.1 Å². The summed E-state index contributed by atoms with van der Waals surface area (Å²) in [5, 5.41) is 9.87.